The van der Waals surface area contributed by atoms with E-state index in [1.165, 1.54) is 4.90 Å². The Labute approximate surface area is 186 Å². The largest absolute Gasteiger partial charge is 0.507 e. The third kappa shape index (κ3) is 4.05. The summed E-state index contributed by atoms with van der Waals surface area (Å²) in [5.74, 6) is -0.680. The van der Waals surface area contributed by atoms with Gasteiger partial charge in [-0.15, -0.1) is 0 Å². The maximum atomic E-state index is 13.0. The van der Waals surface area contributed by atoms with Crippen LogP contribution in [0.3, 0.4) is 0 Å². The van der Waals surface area contributed by atoms with E-state index in [2.05, 4.69) is 0 Å². The lowest BCUT2D eigenvalue weighted by molar-refractivity contribution is -0.140. The molecule has 1 N–H and O–H groups in total. The lowest BCUT2D eigenvalue weighted by Crippen LogP contribution is -2.35. The second-order valence-corrected chi connectivity index (χ2v) is 8.74. The SMILES string of the molecule is CC1Cc2cc(C(O)=C3C(=O)C(=O)N(CCN(C)C)C3c3ccc(Cl)cc3)ccc2O1. The number of rotatable bonds is 5. The molecular formula is C24H25ClN2O4. The monoisotopic (exact) mass is 440 g/mol. The molecule has 4 rings (SSSR count). The number of likely N-dealkylation sites (N-methyl/N-ethyl adjacent to an activating group) is 1. The zero-order valence-electron chi connectivity index (χ0n) is 17.8. The van der Waals surface area contributed by atoms with Crippen molar-refractivity contribution < 1.29 is 19.4 Å². The number of nitrogens with zero attached hydrogens (tertiary/aromatic N) is 2. The van der Waals surface area contributed by atoms with E-state index in [4.69, 9.17) is 16.3 Å². The molecule has 31 heavy (non-hydrogen) atoms. The van der Waals surface area contributed by atoms with E-state index in [9.17, 15) is 14.7 Å². The number of fused-ring (bicyclic) bond motifs is 1. The molecule has 2 aliphatic rings. The number of halogens is 1. The summed E-state index contributed by atoms with van der Waals surface area (Å²) in [5, 5.41) is 11.7. The van der Waals surface area contributed by atoms with Crippen molar-refractivity contribution in [1.82, 2.24) is 9.80 Å². The van der Waals surface area contributed by atoms with Gasteiger partial charge < -0.3 is 19.6 Å². The van der Waals surface area contributed by atoms with Crippen LogP contribution in [0.2, 0.25) is 5.02 Å². The van der Waals surface area contributed by atoms with Gasteiger partial charge in [-0.1, -0.05) is 23.7 Å². The van der Waals surface area contributed by atoms with E-state index in [0.29, 0.717) is 23.7 Å². The van der Waals surface area contributed by atoms with E-state index in [-0.39, 0.29) is 17.4 Å². The van der Waals surface area contributed by atoms with Gasteiger partial charge in [-0.25, -0.2) is 0 Å². The number of hydrogen-bond acceptors (Lipinski definition) is 5. The van der Waals surface area contributed by atoms with Gasteiger partial charge >= 0.3 is 0 Å². The van der Waals surface area contributed by atoms with Crippen molar-refractivity contribution in [2.24, 2.45) is 0 Å². The minimum Gasteiger partial charge on any atom is -0.507 e. The molecular weight excluding hydrogens is 416 g/mol. The predicted octanol–water partition coefficient (Wildman–Crippen LogP) is 3.65. The van der Waals surface area contributed by atoms with Gasteiger partial charge in [0.25, 0.3) is 11.7 Å². The molecule has 2 aromatic carbocycles. The minimum absolute atomic E-state index is 0.0677. The number of carbonyl (C=O) groups excluding carboxylic acids is 2. The number of hydrogen-bond donors (Lipinski definition) is 1. The first kappa shape index (κ1) is 21.4. The molecule has 0 aliphatic carbocycles. The second-order valence-electron chi connectivity index (χ2n) is 8.30. The zero-order chi connectivity index (χ0) is 22.3. The van der Waals surface area contributed by atoms with E-state index >= 15 is 0 Å². The summed E-state index contributed by atoms with van der Waals surface area (Å²) >= 11 is 6.05. The maximum Gasteiger partial charge on any atom is 0.295 e. The molecule has 7 heteroatoms. The van der Waals surface area contributed by atoms with Crippen LogP contribution in [0.5, 0.6) is 5.75 Å². The first-order valence-electron chi connectivity index (χ1n) is 10.2. The topological polar surface area (TPSA) is 70.1 Å². The number of Topliss-reactive ketones (excluding diaryl/α,β-unsaturated/α-hetero) is 1. The molecule has 2 atom stereocenters. The van der Waals surface area contributed by atoms with Crippen molar-refractivity contribution in [2.75, 3.05) is 27.2 Å². The van der Waals surface area contributed by atoms with Crippen molar-refractivity contribution in [1.29, 1.82) is 0 Å². The Morgan fingerprint density at radius 1 is 1.19 bits per heavy atom. The third-order valence-electron chi connectivity index (χ3n) is 5.68. The number of benzene rings is 2. The molecule has 2 heterocycles. The fourth-order valence-corrected chi connectivity index (χ4v) is 4.26. The Morgan fingerprint density at radius 2 is 1.90 bits per heavy atom. The first-order valence-corrected chi connectivity index (χ1v) is 10.6. The first-order chi connectivity index (χ1) is 14.8. The Kier molecular flexibility index (Phi) is 5.77. The summed E-state index contributed by atoms with van der Waals surface area (Å²) in [6.07, 6.45) is 0.798. The normalized spacial score (nSPS) is 22.2. The molecule has 2 aliphatic heterocycles. The number of ketones is 1. The molecule has 162 valence electrons. The van der Waals surface area contributed by atoms with Crippen molar-refractivity contribution in [3.05, 3.63) is 69.8 Å². The fourth-order valence-electron chi connectivity index (χ4n) is 4.13. The van der Waals surface area contributed by atoms with Gasteiger partial charge in [0.05, 0.1) is 11.6 Å². The van der Waals surface area contributed by atoms with Gasteiger partial charge in [0.2, 0.25) is 0 Å². The van der Waals surface area contributed by atoms with E-state index < -0.39 is 17.7 Å². The quantitative estimate of drug-likeness (QED) is 0.436. The van der Waals surface area contributed by atoms with E-state index in [0.717, 1.165) is 23.3 Å². The molecule has 2 unspecified atom stereocenters. The van der Waals surface area contributed by atoms with Crippen LogP contribution in [0.25, 0.3) is 5.76 Å². The molecule has 1 saturated heterocycles. The summed E-state index contributed by atoms with van der Waals surface area (Å²) in [4.78, 5) is 29.4. The number of aliphatic hydroxyl groups is 1. The van der Waals surface area contributed by atoms with Crippen molar-refractivity contribution in [3.8, 4) is 5.75 Å². The number of ether oxygens (including phenoxy) is 1. The molecule has 0 radical (unpaired) electrons. The molecule has 0 saturated carbocycles. The minimum atomic E-state index is -0.680. The zero-order valence-corrected chi connectivity index (χ0v) is 18.5. The highest BCUT2D eigenvalue weighted by molar-refractivity contribution is 6.46. The predicted molar refractivity (Wildman–Crippen MR) is 119 cm³/mol. The summed E-state index contributed by atoms with van der Waals surface area (Å²) in [5.41, 5.74) is 2.29. The average Bonchev–Trinajstić information content (AvgIpc) is 3.22. The third-order valence-corrected chi connectivity index (χ3v) is 5.94. The summed E-state index contributed by atoms with van der Waals surface area (Å²) < 4.78 is 5.73. The molecule has 2 aromatic rings. The van der Waals surface area contributed by atoms with E-state index in [1.807, 2.05) is 32.0 Å². The second kappa shape index (κ2) is 8.36. The van der Waals surface area contributed by atoms with Crippen LogP contribution < -0.4 is 4.74 Å². The van der Waals surface area contributed by atoms with Gasteiger partial charge in [-0.2, -0.15) is 0 Å². The van der Waals surface area contributed by atoms with Crippen LogP contribution in [-0.2, 0) is 16.0 Å². The average molecular weight is 441 g/mol. The molecule has 0 spiro atoms. The van der Waals surface area contributed by atoms with Gasteiger partial charge in [-0.05, 0) is 62.5 Å². The number of amides is 1. The molecule has 6 nitrogen and oxygen atoms in total. The van der Waals surface area contributed by atoms with Crippen LogP contribution >= 0.6 is 11.6 Å². The number of carbonyl (C=O) groups is 2. The molecule has 0 aromatic heterocycles. The maximum absolute atomic E-state index is 13.0. The van der Waals surface area contributed by atoms with Gasteiger partial charge in [-0.3, -0.25) is 9.59 Å². The van der Waals surface area contributed by atoms with Crippen LogP contribution in [-0.4, -0.2) is 59.9 Å². The summed E-state index contributed by atoms with van der Waals surface area (Å²) in [7, 11) is 3.81. The lowest BCUT2D eigenvalue weighted by atomic mass is 9.94. The lowest BCUT2D eigenvalue weighted by Gasteiger charge is -2.26. The van der Waals surface area contributed by atoms with E-state index in [1.54, 1.807) is 36.4 Å². The molecule has 1 amide bonds. The summed E-state index contributed by atoms with van der Waals surface area (Å²) in [6, 6.07) is 11.7. The smallest absolute Gasteiger partial charge is 0.295 e. The molecule has 1 fully saturated rings. The highest BCUT2D eigenvalue weighted by Crippen LogP contribution is 2.40. The Bertz CT molecular complexity index is 1060. The van der Waals surface area contributed by atoms with Gasteiger partial charge in [0, 0.05) is 30.1 Å². The Hall–Kier alpha value is -2.83. The van der Waals surface area contributed by atoms with Crippen molar-refractivity contribution >= 4 is 29.1 Å². The van der Waals surface area contributed by atoms with Gasteiger partial charge in [0.15, 0.2) is 0 Å². The van der Waals surface area contributed by atoms with Crippen LogP contribution in [0, 0.1) is 0 Å². The van der Waals surface area contributed by atoms with Gasteiger partial charge in [0.1, 0.15) is 17.6 Å². The van der Waals surface area contributed by atoms with Crippen LogP contribution in [0.1, 0.15) is 29.7 Å². The standard InChI is InChI=1S/C24H25ClN2O4/c1-14-12-17-13-16(6-9-19(17)31-14)22(28)20-21(15-4-7-18(25)8-5-15)27(11-10-26(2)3)24(30)23(20)29/h4-9,13-14,21,28H,10-12H2,1-3H3. The van der Waals surface area contributed by atoms with Crippen molar-refractivity contribution in [2.45, 2.75) is 25.5 Å². The number of aliphatic hydroxyl groups excluding tert-OH is 1. The Morgan fingerprint density at radius 3 is 2.58 bits per heavy atom. The van der Waals surface area contributed by atoms with Crippen molar-refractivity contribution in [3.63, 3.8) is 0 Å². The van der Waals surface area contributed by atoms with Crippen LogP contribution in [0.4, 0.5) is 0 Å². The highest BCUT2D eigenvalue weighted by atomic mass is 35.5. The Balaban J connectivity index is 1.81. The highest BCUT2D eigenvalue weighted by Gasteiger charge is 2.46. The summed E-state index contributed by atoms with van der Waals surface area (Å²) in [6.45, 7) is 2.93. The fraction of sp³-hybridized carbons (Fsp3) is 0.333. The molecule has 0 bridgehead atoms. The number of likely N-dealkylation sites (tertiary alicyclic amines) is 1. The van der Waals surface area contributed by atoms with Crippen LogP contribution in [0.15, 0.2) is 48.0 Å².